The second-order valence-electron chi connectivity index (χ2n) is 5.47. The second-order valence-corrected chi connectivity index (χ2v) is 5.47. The van der Waals surface area contributed by atoms with Gasteiger partial charge in [-0.1, -0.05) is 6.07 Å². The fraction of sp³-hybridized carbons (Fsp3) is 0.643. The first kappa shape index (κ1) is 14.2. The summed E-state index contributed by atoms with van der Waals surface area (Å²) in [4.78, 5) is 6.63. The average Bonchev–Trinajstić information content (AvgIpc) is 2.49. The van der Waals surface area contributed by atoms with Gasteiger partial charge in [0.2, 0.25) is 0 Å². The smallest absolute Gasteiger partial charge is 0.128 e. The van der Waals surface area contributed by atoms with Gasteiger partial charge in [0.05, 0.1) is 18.8 Å². The Kier molecular flexibility index (Phi) is 4.74. The topological polar surface area (TPSA) is 68.6 Å². The standard InChI is InChI=1S/C14H23N3O2/c1-14(10-18,11-19)16-12-5-8-17(9-6-12)13-4-2-3-7-15-13/h2-4,7,12,16,18-19H,5-6,8-11H2,1H3. The maximum Gasteiger partial charge on any atom is 0.128 e. The molecule has 106 valence electrons. The minimum Gasteiger partial charge on any atom is -0.394 e. The van der Waals surface area contributed by atoms with Gasteiger partial charge in [0.1, 0.15) is 5.82 Å². The molecule has 0 unspecified atom stereocenters. The molecule has 2 rings (SSSR count). The van der Waals surface area contributed by atoms with E-state index in [0.29, 0.717) is 6.04 Å². The lowest BCUT2D eigenvalue weighted by Gasteiger charge is -2.38. The molecule has 1 saturated heterocycles. The van der Waals surface area contributed by atoms with Gasteiger partial charge in [0.25, 0.3) is 0 Å². The van der Waals surface area contributed by atoms with Crippen LogP contribution in [-0.4, -0.2) is 53.1 Å². The Morgan fingerprint density at radius 3 is 2.53 bits per heavy atom. The molecule has 0 aromatic carbocycles. The summed E-state index contributed by atoms with van der Waals surface area (Å²) in [5, 5.41) is 22.0. The highest BCUT2D eigenvalue weighted by Gasteiger charge is 2.28. The molecular weight excluding hydrogens is 242 g/mol. The van der Waals surface area contributed by atoms with E-state index in [4.69, 9.17) is 0 Å². The number of aliphatic hydroxyl groups excluding tert-OH is 2. The van der Waals surface area contributed by atoms with Crippen molar-refractivity contribution in [3.05, 3.63) is 24.4 Å². The van der Waals surface area contributed by atoms with Gasteiger partial charge in [-0.15, -0.1) is 0 Å². The summed E-state index contributed by atoms with van der Waals surface area (Å²) < 4.78 is 0. The molecule has 5 heteroatoms. The number of nitrogens with one attached hydrogen (secondary N) is 1. The van der Waals surface area contributed by atoms with Crippen molar-refractivity contribution in [2.24, 2.45) is 0 Å². The molecule has 1 aromatic rings. The third-order valence-corrected chi connectivity index (χ3v) is 3.72. The number of hydrogen-bond acceptors (Lipinski definition) is 5. The average molecular weight is 265 g/mol. The molecule has 1 fully saturated rings. The quantitative estimate of drug-likeness (QED) is 0.718. The van der Waals surface area contributed by atoms with Gasteiger partial charge in [-0.3, -0.25) is 0 Å². The number of pyridine rings is 1. The van der Waals surface area contributed by atoms with Crippen LogP contribution in [0.4, 0.5) is 5.82 Å². The highest BCUT2D eigenvalue weighted by atomic mass is 16.3. The van der Waals surface area contributed by atoms with E-state index in [1.807, 2.05) is 31.3 Å². The number of nitrogens with zero attached hydrogens (tertiary/aromatic N) is 2. The molecule has 3 N–H and O–H groups in total. The lowest BCUT2D eigenvalue weighted by Crippen LogP contribution is -2.56. The highest BCUT2D eigenvalue weighted by molar-refractivity contribution is 5.38. The van der Waals surface area contributed by atoms with E-state index in [9.17, 15) is 10.2 Å². The summed E-state index contributed by atoms with van der Waals surface area (Å²) in [7, 11) is 0. The van der Waals surface area contributed by atoms with E-state index < -0.39 is 5.54 Å². The van der Waals surface area contributed by atoms with Crippen LogP contribution >= 0.6 is 0 Å². The molecule has 0 spiro atoms. The fourth-order valence-electron chi connectivity index (χ4n) is 2.43. The number of aliphatic hydroxyl groups is 2. The fourth-order valence-corrected chi connectivity index (χ4v) is 2.43. The third kappa shape index (κ3) is 3.65. The largest absolute Gasteiger partial charge is 0.394 e. The zero-order chi connectivity index (χ0) is 13.7. The molecule has 0 atom stereocenters. The first-order chi connectivity index (χ1) is 9.17. The van der Waals surface area contributed by atoms with Crippen molar-refractivity contribution in [1.29, 1.82) is 0 Å². The van der Waals surface area contributed by atoms with E-state index in [1.54, 1.807) is 0 Å². The zero-order valence-corrected chi connectivity index (χ0v) is 11.4. The van der Waals surface area contributed by atoms with Crippen molar-refractivity contribution in [2.75, 3.05) is 31.2 Å². The van der Waals surface area contributed by atoms with Crippen LogP contribution in [0.1, 0.15) is 19.8 Å². The molecular formula is C14H23N3O2. The minimum atomic E-state index is -0.585. The molecule has 1 aliphatic rings. The Bertz CT molecular complexity index is 374. The Labute approximate surface area is 114 Å². The number of anilines is 1. The summed E-state index contributed by atoms with van der Waals surface area (Å²) in [6, 6.07) is 6.29. The summed E-state index contributed by atoms with van der Waals surface area (Å²) in [5.74, 6) is 1.02. The van der Waals surface area contributed by atoms with Crippen LogP contribution in [0.15, 0.2) is 24.4 Å². The van der Waals surface area contributed by atoms with Gasteiger partial charge in [-0.05, 0) is 31.9 Å². The van der Waals surface area contributed by atoms with Crippen LogP contribution in [0.3, 0.4) is 0 Å². The van der Waals surface area contributed by atoms with Crippen molar-refractivity contribution in [3.8, 4) is 0 Å². The van der Waals surface area contributed by atoms with Gasteiger partial charge < -0.3 is 20.4 Å². The van der Waals surface area contributed by atoms with Gasteiger partial charge in [-0.2, -0.15) is 0 Å². The van der Waals surface area contributed by atoms with Crippen LogP contribution in [0.2, 0.25) is 0 Å². The Hall–Kier alpha value is -1.17. The van der Waals surface area contributed by atoms with E-state index >= 15 is 0 Å². The molecule has 0 amide bonds. The van der Waals surface area contributed by atoms with E-state index in [1.165, 1.54) is 0 Å². The maximum atomic E-state index is 9.30. The Morgan fingerprint density at radius 2 is 2.00 bits per heavy atom. The van der Waals surface area contributed by atoms with Crippen molar-refractivity contribution in [2.45, 2.75) is 31.3 Å². The molecule has 1 aromatic heterocycles. The maximum absolute atomic E-state index is 9.30. The van der Waals surface area contributed by atoms with E-state index in [0.717, 1.165) is 31.7 Å². The van der Waals surface area contributed by atoms with Crippen molar-refractivity contribution in [1.82, 2.24) is 10.3 Å². The molecule has 5 nitrogen and oxygen atoms in total. The Balaban J connectivity index is 1.86. The first-order valence-electron chi connectivity index (χ1n) is 6.82. The summed E-state index contributed by atoms with van der Waals surface area (Å²) in [5.41, 5.74) is -0.585. The first-order valence-corrected chi connectivity index (χ1v) is 6.82. The van der Waals surface area contributed by atoms with Crippen molar-refractivity contribution < 1.29 is 10.2 Å². The van der Waals surface area contributed by atoms with Gasteiger partial charge in [0, 0.05) is 25.3 Å². The molecule has 0 aliphatic carbocycles. The van der Waals surface area contributed by atoms with E-state index in [-0.39, 0.29) is 13.2 Å². The normalized spacial score (nSPS) is 17.7. The molecule has 0 radical (unpaired) electrons. The van der Waals surface area contributed by atoms with Gasteiger partial charge in [-0.25, -0.2) is 4.98 Å². The summed E-state index contributed by atoms with van der Waals surface area (Å²) in [6.45, 7) is 3.63. The van der Waals surface area contributed by atoms with Crippen LogP contribution in [-0.2, 0) is 0 Å². The predicted octanol–water partition coefficient (Wildman–Crippen LogP) is 0.383. The minimum absolute atomic E-state index is 0.0516. The number of rotatable bonds is 5. The zero-order valence-electron chi connectivity index (χ0n) is 11.4. The molecule has 2 heterocycles. The predicted molar refractivity (Wildman–Crippen MR) is 75.2 cm³/mol. The molecule has 1 aliphatic heterocycles. The van der Waals surface area contributed by atoms with Gasteiger partial charge >= 0.3 is 0 Å². The van der Waals surface area contributed by atoms with Crippen molar-refractivity contribution >= 4 is 5.82 Å². The lowest BCUT2D eigenvalue weighted by atomic mass is 9.98. The van der Waals surface area contributed by atoms with Crippen LogP contribution in [0.5, 0.6) is 0 Å². The van der Waals surface area contributed by atoms with Crippen LogP contribution < -0.4 is 10.2 Å². The number of aromatic nitrogens is 1. The summed E-state index contributed by atoms with van der Waals surface area (Å²) >= 11 is 0. The van der Waals surface area contributed by atoms with Crippen molar-refractivity contribution in [3.63, 3.8) is 0 Å². The van der Waals surface area contributed by atoms with Crippen LogP contribution in [0, 0.1) is 0 Å². The van der Waals surface area contributed by atoms with Gasteiger partial charge in [0.15, 0.2) is 0 Å². The molecule has 0 saturated carbocycles. The monoisotopic (exact) mass is 265 g/mol. The number of hydrogen-bond donors (Lipinski definition) is 3. The molecule has 0 bridgehead atoms. The van der Waals surface area contributed by atoms with Crippen LogP contribution in [0.25, 0.3) is 0 Å². The molecule has 19 heavy (non-hydrogen) atoms. The second kappa shape index (κ2) is 6.32. The highest BCUT2D eigenvalue weighted by Crippen LogP contribution is 2.18. The third-order valence-electron chi connectivity index (χ3n) is 3.72. The lowest BCUT2D eigenvalue weighted by molar-refractivity contribution is 0.0903. The van der Waals surface area contributed by atoms with E-state index in [2.05, 4.69) is 15.2 Å². The summed E-state index contributed by atoms with van der Waals surface area (Å²) in [6.07, 6.45) is 3.80. The Morgan fingerprint density at radius 1 is 1.32 bits per heavy atom. The number of piperidine rings is 1. The SMILES string of the molecule is CC(CO)(CO)NC1CCN(c2ccccn2)CC1.